The van der Waals surface area contributed by atoms with E-state index in [4.69, 9.17) is 14.9 Å². The molecule has 5 heteroatoms. The van der Waals surface area contributed by atoms with Crippen LogP contribution in [0.25, 0.3) is 0 Å². The Morgan fingerprint density at radius 3 is 3.21 bits per heavy atom. The van der Waals surface area contributed by atoms with E-state index in [0.717, 1.165) is 25.4 Å². The maximum atomic E-state index is 5.45. The lowest BCUT2D eigenvalue weighted by molar-refractivity contribution is 0.0514. The zero-order valence-corrected chi connectivity index (χ0v) is 8.27. The molecule has 2 rings (SSSR count). The van der Waals surface area contributed by atoms with Crippen LogP contribution < -0.4 is 10.6 Å². The van der Waals surface area contributed by atoms with E-state index in [1.54, 1.807) is 6.26 Å². The van der Waals surface area contributed by atoms with Crippen molar-refractivity contribution in [2.75, 3.05) is 24.6 Å². The molecule has 2 N–H and O–H groups in total. The highest BCUT2D eigenvalue weighted by molar-refractivity contribution is 5.27. The number of hydrogen-bond acceptors (Lipinski definition) is 5. The first-order valence-corrected chi connectivity index (χ1v) is 4.80. The summed E-state index contributed by atoms with van der Waals surface area (Å²) < 4.78 is 10.7. The molecule has 0 amide bonds. The van der Waals surface area contributed by atoms with E-state index >= 15 is 0 Å². The Bertz CT molecular complexity index is 300. The van der Waals surface area contributed by atoms with Gasteiger partial charge in [-0.25, -0.2) is 0 Å². The number of hydrogen-bond donors (Lipinski definition) is 1. The van der Waals surface area contributed by atoms with Crippen molar-refractivity contribution in [2.45, 2.75) is 19.6 Å². The average molecular weight is 197 g/mol. The van der Waals surface area contributed by atoms with Crippen LogP contribution in [-0.4, -0.2) is 30.8 Å². The van der Waals surface area contributed by atoms with Gasteiger partial charge in [-0.1, -0.05) is 0 Å². The molecule has 0 aromatic carbocycles. The van der Waals surface area contributed by atoms with Crippen LogP contribution in [0, 0.1) is 0 Å². The van der Waals surface area contributed by atoms with Gasteiger partial charge in [0.15, 0.2) is 0 Å². The zero-order valence-electron chi connectivity index (χ0n) is 8.27. The minimum Gasteiger partial charge on any atom is -0.432 e. The molecule has 5 nitrogen and oxygen atoms in total. The molecule has 1 saturated heterocycles. The van der Waals surface area contributed by atoms with Crippen molar-refractivity contribution in [3.05, 3.63) is 12.0 Å². The van der Waals surface area contributed by atoms with Gasteiger partial charge in [0.2, 0.25) is 0 Å². The van der Waals surface area contributed by atoms with E-state index in [1.165, 1.54) is 0 Å². The lowest BCUT2D eigenvalue weighted by Gasteiger charge is -2.29. The fourth-order valence-electron chi connectivity index (χ4n) is 1.53. The van der Waals surface area contributed by atoms with E-state index in [-0.39, 0.29) is 6.10 Å². The Morgan fingerprint density at radius 2 is 2.57 bits per heavy atom. The fraction of sp³-hybridized carbons (Fsp3) is 0.667. The SMILES string of the molecule is CC1CN(c2nc(CN)co2)CCO1. The van der Waals surface area contributed by atoms with Gasteiger partial charge in [0.05, 0.1) is 18.4 Å². The van der Waals surface area contributed by atoms with Gasteiger partial charge < -0.3 is 19.8 Å². The molecule has 78 valence electrons. The standard InChI is InChI=1S/C9H15N3O2/c1-7-5-12(2-3-13-7)9-11-8(4-10)6-14-9/h6-7H,2-5,10H2,1H3. The molecule has 14 heavy (non-hydrogen) atoms. The van der Waals surface area contributed by atoms with Gasteiger partial charge in [-0.2, -0.15) is 4.98 Å². The molecule has 1 aliphatic rings. The Balaban J connectivity index is 2.06. The van der Waals surface area contributed by atoms with E-state index in [9.17, 15) is 0 Å². The summed E-state index contributed by atoms with van der Waals surface area (Å²) in [6.45, 7) is 4.84. The summed E-state index contributed by atoms with van der Waals surface area (Å²) >= 11 is 0. The minimum absolute atomic E-state index is 0.233. The number of nitrogens with two attached hydrogens (primary N) is 1. The zero-order chi connectivity index (χ0) is 9.97. The van der Waals surface area contributed by atoms with E-state index in [1.807, 2.05) is 6.92 Å². The first-order valence-electron chi connectivity index (χ1n) is 4.80. The number of nitrogens with zero attached hydrogens (tertiary/aromatic N) is 2. The van der Waals surface area contributed by atoms with Crippen molar-refractivity contribution < 1.29 is 9.15 Å². The molecule has 0 bridgehead atoms. The van der Waals surface area contributed by atoms with E-state index in [0.29, 0.717) is 12.6 Å². The molecule has 0 spiro atoms. The van der Waals surface area contributed by atoms with Crippen LogP contribution in [0.1, 0.15) is 12.6 Å². The summed E-state index contributed by atoms with van der Waals surface area (Å²) in [5, 5.41) is 0. The fourth-order valence-corrected chi connectivity index (χ4v) is 1.53. The lowest BCUT2D eigenvalue weighted by atomic mass is 10.3. The third-order valence-corrected chi connectivity index (χ3v) is 2.26. The maximum absolute atomic E-state index is 5.45. The van der Waals surface area contributed by atoms with Gasteiger partial charge >= 0.3 is 0 Å². The van der Waals surface area contributed by atoms with Crippen molar-refractivity contribution in [3.8, 4) is 0 Å². The molecular weight excluding hydrogens is 182 g/mol. The largest absolute Gasteiger partial charge is 0.432 e. The predicted octanol–water partition coefficient (Wildman–Crippen LogP) is 0.358. The Morgan fingerprint density at radius 1 is 1.71 bits per heavy atom. The Hall–Kier alpha value is -1.07. The van der Waals surface area contributed by atoms with Crippen LogP contribution in [0.15, 0.2) is 10.7 Å². The third kappa shape index (κ3) is 1.88. The summed E-state index contributed by atoms with van der Waals surface area (Å²) in [6.07, 6.45) is 1.84. The van der Waals surface area contributed by atoms with Crippen molar-refractivity contribution >= 4 is 6.01 Å². The molecule has 1 aliphatic heterocycles. The van der Waals surface area contributed by atoms with Gasteiger partial charge in [0.1, 0.15) is 6.26 Å². The maximum Gasteiger partial charge on any atom is 0.297 e. The minimum atomic E-state index is 0.233. The average Bonchev–Trinajstić information content (AvgIpc) is 2.66. The number of aromatic nitrogens is 1. The summed E-state index contributed by atoms with van der Waals surface area (Å²) in [6, 6.07) is 0.653. The predicted molar refractivity (Wildman–Crippen MR) is 52.0 cm³/mol. The Labute approximate surface area is 82.8 Å². The number of rotatable bonds is 2. The molecule has 1 aromatic rings. The first kappa shape index (κ1) is 9.48. The summed E-state index contributed by atoms with van der Waals surface area (Å²) in [7, 11) is 0. The smallest absolute Gasteiger partial charge is 0.297 e. The first-order chi connectivity index (χ1) is 6.79. The van der Waals surface area contributed by atoms with Crippen LogP contribution in [0.2, 0.25) is 0 Å². The van der Waals surface area contributed by atoms with Crippen molar-refractivity contribution in [2.24, 2.45) is 5.73 Å². The number of morpholine rings is 1. The lowest BCUT2D eigenvalue weighted by Crippen LogP contribution is -2.41. The van der Waals surface area contributed by atoms with E-state index in [2.05, 4.69) is 9.88 Å². The molecule has 0 aliphatic carbocycles. The molecule has 1 atom stereocenters. The van der Waals surface area contributed by atoms with Crippen molar-refractivity contribution in [3.63, 3.8) is 0 Å². The monoisotopic (exact) mass is 197 g/mol. The normalized spacial score (nSPS) is 22.7. The van der Waals surface area contributed by atoms with Crippen LogP contribution >= 0.6 is 0 Å². The second-order valence-electron chi connectivity index (χ2n) is 3.45. The van der Waals surface area contributed by atoms with Gasteiger partial charge in [-0.3, -0.25) is 0 Å². The summed E-state index contributed by atoms with van der Waals surface area (Å²) in [4.78, 5) is 6.34. The van der Waals surface area contributed by atoms with E-state index < -0.39 is 0 Å². The summed E-state index contributed by atoms with van der Waals surface area (Å²) in [5.74, 6) is 0. The molecule has 1 unspecified atom stereocenters. The highest BCUT2D eigenvalue weighted by atomic mass is 16.5. The highest BCUT2D eigenvalue weighted by Crippen LogP contribution is 2.16. The molecule has 0 saturated carbocycles. The van der Waals surface area contributed by atoms with Crippen LogP contribution in [0.5, 0.6) is 0 Å². The van der Waals surface area contributed by atoms with Gasteiger partial charge in [0, 0.05) is 19.6 Å². The molecule has 0 radical (unpaired) electrons. The molecule has 1 aromatic heterocycles. The Kier molecular flexibility index (Phi) is 2.69. The van der Waals surface area contributed by atoms with Crippen LogP contribution in [-0.2, 0) is 11.3 Å². The second-order valence-corrected chi connectivity index (χ2v) is 3.45. The molecule has 1 fully saturated rings. The highest BCUT2D eigenvalue weighted by Gasteiger charge is 2.20. The number of oxazole rings is 1. The third-order valence-electron chi connectivity index (χ3n) is 2.26. The molecular formula is C9H15N3O2. The van der Waals surface area contributed by atoms with Crippen molar-refractivity contribution in [1.29, 1.82) is 0 Å². The van der Waals surface area contributed by atoms with Crippen LogP contribution in [0.4, 0.5) is 6.01 Å². The number of ether oxygens (including phenoxy) is 1. The topological polar surface area (TPSA) is 64.5 Å². The van der Waals surface area contributed by atoms with Crippen LogP contribution in [0.3, 0.4) is 0 Å². The summed E-state index contributed by atoms with van der Waals surface area (Å²) in [5.41, 5.74) is 6.25. The van der Waals surface area contributed by atoms with Crippen molar-refractivity contribution in [1.82, 2.24) is 4.98 Å². The van der Waals surface area contributed by atoms with Gasteiger partial charge in [0.25, 0.3) is 6.01 Å². The van der Waals surface area contributed by atoms with Gasteiger partial charge in [-0.05, 0) is 6.92 Å². The van der Waals surface area contributed by atoms with Gasteiger partial charge in [-0.15, -0.1) is 0 Å². The second kappa shape index (κ2) is 3.98. The molecule has 2 heterocycles. The quantitative estimate of drug-likeness (QED) is 0.741. The number of anilines is 1.